The number of imidazole rings is 1. The molecule has 0 spiro atoms. The average Bonchev–Trinajstić information content (AvgIpc) is 2.73. The molecule has 0 atom stereocenters. The number of fused-ring (bicyclic) bond motifs is 1. The molecule has 2 heterocycles. The van der Waals surface area contributed by atoms with Crippen molar-refractivity contribution in [2.24, 2.45) is 0 Å². The Balaban J connectivity index is 2.27. The van der Waals surface area contributed by atoms with Crippen molar-refractivity contribution in [2.75, 3.05) is 0 Å². The molecule has 5 heteroatoms. The third-order valence-corrected chi connectivity index (χ3v) is 3.20. The van der Waals surface area contributed by atoms with Gasteiger partial charge in [-0.05, 0) is 54.8 Å². The maximum absolute atomic E-state index is 5.81. The number of hydrogen-bond donors (Lipinski definition) is 0. The Hall–Kier alpha value is -1.94. The SMILES string of the molecule is Cc1cc2ncn(-c3ccnc(Cl)n3)c2cc1C. The molecule has 0 bridgehead atoms. The number of aryl methyl sites for hydroxylation is 2. The molecule has 0 saturated carbocycles. The van der Waals surface area contributed by atoms with E-state index in [0.29, 0.717) is 0 Å². The molecule has 4 nitrogen and oxygen atoms in total. The van der Waals surface area contributed by atoms with Crippen molar-refractivity contribution in [2.45, 2.75) is 13.8 Å². The van der Waals surface area contributed by atoms with Crippen molar-refractivity contribution < 1.29 is 0 Å². The first-order valence-electron chi connectivity index (χ1n) is 5.58. The zero-order chi connectivity index (χ0) is 12.7. The smallest absolute Gasteiger partial charge is 0.224 e. The van der Waals surface area contributed by atoms with Crippen molar-refractivity contribution in [1.29, 1.82) is 0 Å². The molecule has 0 saturated heterocycles. The van der Waals surface area contributed by atoms with Gasteiger partial charge in [-0.15, -0.1) is 0 Å². The van der Waals surface area contributed by atoms with Gasteiger partial charge in [-0.25, -0.2) is 9.97 Å². The molecular weight excluding hydrogens is 248 g/mol. The molecule has 0 radical (unpaired) electrons. The number of benzene rings is 1. The maximum Gasteiger partial charge on any atom is 0.224 e. The van der Waals surface area contributed by atoms with Crippen LogP contribution < -0.4 is 0 Å². The summed E-state index contributed by atoms with van der Waals surface area (Å²) in [5.41, 5.74) is 4.43. The van der Waals surface area contributed by atoms with Crippen LogP contribution in [0.4, 0.5) is 0 Å². The van der Waals surface area contributed by atoms with Gasteiger partial charge in [-0.3, -0.25) is 4.57 Å². The van der Waals surface area contributed by atoms with E-state index in [1.54, 1.807) is 12.5 Å². The second-order valence-electron chi connectivity index (χ2n) is 4.22. The number of nitrogens with zero attached hydrogens (tertiary/aromatic N) is 4. The lowest BCUT2D eigenvalue weighted by Gasteiger charge is -2.05. The van der Waals surface area contributed by atoms with Crippen LogP contribution in [0.25, 0.3) is 16.9 Å². The van der Waals surface area contributed by atoms with Crippen molar-refractivity contribution in [3.8, 4) is 5.82 Å². The predicted molar refractivity (Wildman–Crippen MR) is 71.1 cm³/mol. The molecule has 0 unspecified atom stereocenters. The van der Waals surface area contributed by atoms with Gasteiger partial charge in [0.05, 0.1) is 11.0 Å². The summed E-state index contributed by atoms with van der Waals surface area (Å²) < 4.78 is 1.91. The molecule has 0 aliphatic heterocycles. The first-order chi connectivity index (χ1) is 8.65. The summed E-state index contributed by atoms with van der Waals surface area (Å²) >= 11 is 5.81. The van der Waals surface area contributed by atoms with Gasteiger partial charge < -0.3 is 0 Å². The largest absolute Gasteiger partial charge is 0.283 e. The van der Waals surface area contributed by atoms with E-state index in [9.17, 15) is 0 Å². The summed E-state index contributed by atoms with van der Waals surface area (Å²) in [6.45, 7) is 4.16. The Morgan fingerprint density at radius 2 is 1.89 bits per heavy atom. The first kappa shape index (κ1) is 11.2. The highest BCUT2D eigenvalue weighted by Crippen LogP contribution is 2.21. The molecule has 3 aromatic rings. The summed E-state index contributed by atoms with van der Waals surface area (Å²) in [6, 6.07) is 5.99. The molecule has 0 aliphatic carbocycles. The topological polar surface area (TPSA) is 43.6 Å². The van der Waals surface area contributed by atoms with Crippen LogP contribution in [0.5, 0.6) is 0 Å². The Labute approximate surface area is 109 Å². The fraction of sp³-hybridized carbons (Fsp3) is 0.154. The van der Waals surface area contributed by atoms with Crippen LogP contribution in [0.3, 0.4) is 0 Å². The highest BCUT2D eigenvalue weighted by molar-refractivity contribution is 6.28. The lowest BCUT2D eigenvalue weighted by Crippen LogP contribution is -1.97. The van der Waals surface area contributed by atoms with Crippen LogP contribution >= 0.6 is 11.6 Å². The van der Waals surface area contributed by atoms with Gasteiger partial charge in [0.15, 0.2) is 0 Å². The van der Waals surface area contributed by atoms with Gasteiger partial charge in [-0.2, -0.15) is 4.98 Å². The van der Waals surface area contributed by atoms with Gasteiger partial charge in [0.1, 0.15) is 12.1 Å². The molecular formula is C13H11ClN4. The minimum Gasteiger partial charge on any atom is -0.283 e. The zero-order valence-electron chi connectivity index (χ0n) is 10.1. The van der Waals surface area contributed by atoms with E-state index in [2.05, 4.69) is 40.9 Å². The minimum absolute atomic E-state index is 0.234. The van der Waals surface area contributed by atoms with Crippen LogP contribution in [0, 0.1) is 13.8 Å². The lowest BCUT2D eigenvalue weighted by atomic mass is 10.1. The minimum atomic E-state index is 0.234. The third kappa shape index (κ3) is 1.75. The van der Waals surface area contributed by atoms with Gasteiger partial charge in [-0.1, -0.05) is 0 Å². The van der Waals surface area contributed by atoms with Crippen LogP contribution in [0.15, 0.2) is 30.7 Å². The number of hydrogen-bond acceptors (Lipinski definition) is 3. The molecule has 0 aliphatic rings. The Kier molecular flexibility index (Phi) is 2.52. The highest BCUT2D eigenvalue weighted by atomic mass is 35.5. The third-order valence-electron chi connectivity index (χ3n) is 3.02. The Bertz CT molecular complexity index is 733. The van der Waals surface area contributed by atoms with Gasteiger partial charge in [0, 0.05) is 6.20 Å². The molecule has 3 rings (SSSR count). The summed E-state index contributed by atoms with van der Waals surface area (Å²) in [5, 5.41) is 0.234. The summed E-state index contributed by atoms with van der Waals surface area (Å²) in [6.07, 6.45) is 3.39. The molecule has 0 amide bonds. The summed E-state index contributed by atoms with van der Waals surface area (Å²) in [4.78, 5) is 12.5. The second kappa shape index (κ2) is 4.07. The van der Waals surface area contributed by atoms with Gasteiger partial charge >= 0.3 is 0 Å². The normalized spacial score (nSPS) is 11.1. The van der Waals surface area contributed by atoms with Gasteiger partial charge in [0.25, 0.3) is 0 Å². The van der Waals surface area contributed by atoms with Gasteiger partial charge in [0.2, 0.25) is 5.28 Å². The Morgan fingerprint density at radius 3 is 2.67 bits per heavy atom. The van der Waals surface area contributed by atoms with E-state index in [1.807, 2.05) is 10.6 Å². The highest BCUT2D eigenvalue weighted by Gasteiger charge is 2.07. The average molecular weight is 259 g/mol. The monoisotopic (exact) mass is 258 g/mol. The van der Waals surface area contributed by atoms with Crippen LogP contribution in [-0.2, 0) is 0 Å². The first-order valence-corrected chi connectivity index (χ1v) is 5.96. The molecule has 0 fully saturated rings. The quantitative estimate of drug-likeness (QED) is 0.630. The van der Waals surface area contributed by atoms with E-state index >= 15 is 0 Å². The van der Waals surface area contributed by atoms with Crippen LogP contribution in [0.1, 0.15) is 11.1 Å². The molecule has 90 valence electrons. The number of rotatable bonds is 1. The van der Waals surface area contributed by atoms with Crippen molar-refractivity contribution in [3.05, 3.63) is 47.1 Å². The zero-order valence-corrected chi connectivity index (χ0v) is 10.8. The second-order valence-corrected chi connectivity index (χ2v) is 4.56. The van der Waals surface area contributed by atoms with Crippen LogP contribution in [0.2, 0.25) is 5.28 Å². The van der Waals surface area contributed by atoms with E-state index < -0.39 is 0 Å². The molecule has 0 N–H and O–H groups in total. The lowest BCUT2D eigenvalue weighted by molar-refractivity contribution is 0.995. The fourth-order valence-electron chi connectivity index (χ4n) is 1.91. The number of halogens is 1. The molecule has 2 aromatic heterocycles. The predicted octanol–water partition coefficient (Wildman–Crippen LogP) is 3.09. The van der Waals surface area contributed by atoms with E-state index in [-0.39, 0.29) is 5.28 Å². The van der Waals surface area contributed by atoms with E-state index in [0.717, 1.165) is 16.9 Å². The van der Waals surface area contributed by atoms with E-state index in [1.165, 1.54) is 11.1 Å². The standard InChI is InChI=1S/C13H11ClN4/c1-8-5-10-11(6-9(8)2)18(7-16-10)12-3-4-15-13(14)17-12/h3-7H,1-2H3. The maximum atomic E-state index is 5.81. The van der Waals surface area contributed by atoms with E-state index in [4.69, 9.17) is 11.6 Å². The molecule has 18 heavy (non-hydrogen) atoms. The van der Waals surface area contributed by atoms with Crippen molar-refractivity contribution in [1.82, 2.24) is 19.5 Å². The number of aromatic nitrogens is 4. The molecule has 1 aromatic carbocycles. The van der Waals surface area contributed by atoms with Crippen molar-refractivity contribution in [3.63, 3.8) is 0 Å². The summed E-state index contributed by atoms with van der Waals surface area (Å²) in [7, 11) is 0. The summed E-state index contributed by atoms with van der Waals surface area (Å²) in [5.74, 6) is 0.723. The van der Waals surface area contributed by atoms with Crippen LogP contribution in [-0.4, -0.2) is 19.5 Å². The fourth-order valence-corrected chi connectivity index (χ4v) is 2.05. The van der Waals surface area contributed by atoms with Crippen molar-refractivity contribution >= 4 is 22.6 Å². The Morgan fingerprint density at radius 1 is 1.11 bits per heavy atom.